The van der Waals surface area contributed by atoms with E-state index in [1.807, 2.05) is 35.2 Å². The van der Waals surface area contributed by atoms with E-state index in [2.05, 4.69) is 36.5 Å². The Morgan fingerprint density at radius 3 is 2.81 bits per heavy atom. The van der Waals surface area contributed by atoms with Gasteiger partial charge in [-0.05, 0) is 37.6 Å². The fourth-order valence-corrected chi connectivity index (χ4v) is 3.88. The number of nitrogens with zero attached hydrogens (tertiary/aromatic N) is 3. The average molecular weight is 343 g/mol. The Morgan fingerprint density at radius 2 is 2.04 bits per heavy atom. The first-order valence-electron chi connectivity index (χ1n) is 8.84. The van der Waals surface area contributed by atoms with Gasteiger partial charge in [0.1, 0.15) is 5.82 Å². The highest BCUT2D eigenvalue weighted by atomic mass is 16.2. The van der Waals surface area contributed by atoms with Gasteiger partial charge in [0.2, 0.25) is 5.91 Å². The number of amides is 1. The van der Waals surface area contributed by atoms with Crippen LogP contribution in [0.1, 0.15) is 29.3 Å². The molecular weight excluding hydrogens is 322 g/mol. The van der Waals surface area contributed by atoms with Gasteiger partial charge in [-0.25, -0.2) is 4.98 Å². The van der Waals surface area contributed by atoms with E-state index in [1.54, 1.807) is 0 Å². The van der Waals surface area contributed by atoms with Crippen LogP contribution < -0.4 is 4.90 Å². The van der Waals surface area contributed by atoms with Crippen molar-refractivity contribution < 1.29 is 4.79 Å². The Balaban J connectivity index is 1.72. The van der Waals surface area contributed by atoms with E-state index in [4.69, 9.17) is 11.4 Å². The summed E-state index contributed by atoms with van der Waals surface area (Å²) in [6.45, 7) is 5.21. The van der Waals surface area contributed by atoms with Gasteiger partial charge in [0.25, 0.3) is 0 Å². The van der Waals surface area contributed by atoms with Gasteiger partial charge in [-0.3, -0.25) is 4.79 Å². The van der Waals surface area contributed by atoms with E-state index in [0.717, 1.165) is 28.1 Å². The molecule has 4 rings (SSSR count). The second kappa shape index (κ2) is 6.34. The summed E-state index contributed by atoms with van der Waals surface area (Å²) in [5.41, 5.74) is 5.26. The number of aromatic nitrogens is 2. The summed E-state index contributed by atoms with van der Waals surface area (Å²) < 4.78 is 2.07. The second-order valence-corrected chi connectivity index (χ2v) is 6.94. The Labute approximate surface area is 153 Å². The third-order valence-electron chi connectivity index (χ3n) is 5.07. The molecule has 1 unspecified atom stereocenters. The number of para-hydroxylation sites is 2. The first-order chi connectivity index (χ1) is 12.6. The first kappa shape index (κ1) is 16.4. The van der Waals surface area contributed by atoms with Crippen molar-refractivity contribution in [3.8, 4) is 12.3 Å². The predicted octanol–water partition coefficient (Wildman–Crippen LogP) is 3.81. The van der Waals surface area contributed by atoms with E-state index in [-0.39, 0.29) is 11.8 Å². The zero-order valence-corrected chi connectivity index (χ0v) is 15.1. The highest BCUT2D eigenvalue weighted by Crippen LogP contribution is 2.34. The van der Waals surface area contributed by atoms with Crippen LogP contribution in [-0.2, 0) is 11.3 Å². The van der Waals surface area contributed by atoms with Crippen LogP contribution in [0.25, 0.3) is 11.0 Å². The molecule has 1 aliphatic heterocycles. The van der Waals surface area contributed by atoms with Crippen LogP contribution in [0.2, 0.25) is 0 Å². The van der Waals surface area contributed by atoms with Gasteiger partial charge in [-0.15, -0.1) is 6.42 Å². The third kappa shape index (κ3) is 2.66. The molecule has 0 bridgehead atoms. The maximum atomic E-state index is 12.7. The van der Waals surface area contributed by atoms with Crippen molar-refractivity contribution in [2.75, 3.05) is 11.4 Å². The summed E-state index contributed by atoms with van der Waals surface area (Å²) in [6.07, 6.45) is 6.04. The summed E-state index contributed by atoms with van der Waals surface area (Å²) in [5, 5.41) is 0. The molecule has 2 aromatic carbocycles. The van der Waals surface area contributed by atoms with Crippen molar-refractivity contribution in [2.24, 2.45) is 0 Å². The number of hydrogen-bond acceptors (Lipinski definition) is 2. The molecule has 3 aromatic rings. The van der Waals surface area contributed by atoms with Crippen molar-refractivity contribution in [1.29, 1.82) is 0 Å². The molecule has 1 aromatic heterocycles. The van der Waals surface area contributed by atoms with Crippen LogP contribution >= 0.6 is 0 Å². The normalized spacial score (nSPS) is 17.0. The lowest BCUT2D eigenvalue weighted by Gasteiger charge is -2.19. The van der Waals surface area contributed by atoms with E-state index in [1.165, 1.54) is 5.56 Å². The lowest BCUT2D eigenvalue weighted by molar-refractivity contribution is -0.117. The number of benzene rings is 2. The van der Waals surface area contributed by atoms with Crippen molar-refractivity contribution in [1.82, 2.24) is 9.55 Å². The van der Waals surface area contributed by atoms with Crippen molar-refractivity contribution in [3.05, 3.63) is 59.4 Å². The standard InChI is InChI=1S/C22H21N3O/c1-4-11-24-20-8-6-5-7-18(20)23-22(24)17-13-21(26)25(14-17)19-10-9-15(2)12-16(19)3/h1,5-10,12,17H,11,13-14H2,2-3H3. The van der Waals surface area contributed by atoms with E-state index < -0.39 is 0 Å². The van der Waals surface area contributed by atoms with Crippen LogP contribution in [0.5, 0.6) is 0 Å². The number of aryl methyl sites for hydroxylation is 2. The van der Waals surface area contributed by atoms with Crippen molar-refractivity contribution in [2.45, 2.75) is 32.7 Å². The van der Waals surface area contributed by atoms with Gasteiger partial charge in [-0.1, -0.05) is 35.7 Å². The highest BCUT2D eigenvalue weighted by Gasteiger charge is 2.35. The molecular formula is C22H21N3O. The number of rotatable bonds is 3. The molecule has 26 heavy (non-hydrogen) atoms. The molecule has 1 amide bonds. The van der Waals surface area contributed by atoms with Crippen LogP contribution in [0.15, 0.2) is 42.5 Å². The van der Waals surface area contributed by atoms with Gasteiger partial charge in [0.15, 0.2) is 0 Å². The minimum Gasteiger partial charge on any atom is -0.316 e. The summed E-state index contributed by atoms with van der Waals surface area (Å²) in [5.74, 6) is 3.81. The molecule has 0 saturated carbocycles. The third-order valence-corrected chi connectivity index (χ3v) is 5.07. The Kier molecular flexibility index (Phi) is 4.00. The average Bonchev–Trinajstić information content (AvgIpc) is 3.17. The van der Waals surface area contributed by atoms with Gasteiger partial charge in [0.05, 0.1) is 17.6 Å². The molecule has 2 heterocycles. The SMILES string of the molecule is C#CCn1c(C2CC(=O)N(c3ccc(C)cc3C)C2)nc2ccccc21. The van der Waals surface area contributed by atoms with Crippen LogP contribution in [0.3, 0.4) is 0 Å². The molecule has 1 aliphatic rings. The van der Waals surface area contributed by atoms with Gasteiger partial charge in [-0.2, -0.15) is 0 Å². The number of hydrogen-bond donors (Lipinski definition) is 0. The molecule has 4 heteroatoms. The largest absolute Gasteiger partial charge is 0.316 e. The van der Waals surface area contributed by atoms with E-state index >= 15 is 0 Å². The summed E-state index contributed by atoms with van der Waals surface area (Å²) >= 11 is 0. The minimum absolute atomic E-state index is 0.0453. The van der Waals surface area contributed by atoms with Crippen molar-refractivity contribution >= 4 is 22.6 Å². The minimum atomic E-state index is 0.0453. The fraction of sp³-hybridized carbons (Fsp3) is 0.273. The lowest BCUT2D eigenvalue weighted by atomic mass is 10.1. The quantitative estimate of drug-likeness (QED) is 0.678. The Morgan fingerprint density at radius 1 is 1.23 bits per heavy atom. The predicted molar refractivity (Wildman–Crippen MR) is 104 cm³/mol. The topological polar surface area (TPSA) is 38.1 Å². The molecule has 1 atom stereocenters. The maximum absolute atomic E-state index is 12.7. The molecule has 0 N–H and O–H groups in total. The zero-order valence-electron chi connectivity index (χ0n) is 15.1. The van der Waals surface area contributed by atoms with Gasteiger partial charge >= 0.3 is 0 Å². The van der Waals surface area contributed by atoms with E-state index in [0.29, 0.717) is 19.5 Å². The maximum Gasteiger partial charge on any atom is 0.227 e. The van der Waals surface area contributed by atoms with E-state index in [9.17, 15) is 4.79 Å². The molecule has 1 saturated heterocycles. The number of carbonyl (C=O) groups is 1. The van der Waals surface area contributed by atoms with Crippen LogP contribution in [-0.4, -0.2) is 22.0 Å². The molecule has 0 aliphatic carbocycles. The fourth-order valence-electron chi connectivity index (χ4n) is 3.88. The Bertz CT molecular complexity index is 1040. The van der Waals surface area contributed by atoms with Crippen LogP contribution in [0, 0.1) is 26.2 Å². The second-order valence-electron chi connectivity index (χ2n) is 6.94. The summed E-state index contributed by atoms with van der Waals surface area (Å²) in [6, 6.07) is 14.2. The van der Waals surface area contributed by atoms with Crippen LogP contribution in [0.4, 0.5) is 5.69 Å². The first-order valence-corrected chi connectivity index (χ1v) is 8.84. The zero-order chi connectivity index (χ0) is 18.3. The lowest BCUT2D eigenvalue weighted by Crippen LogP contribution is -2.25. The highest BCUT2D eigenvalue weighted by molar-refractivity contribution is 5.97. The smallest absolute Gasteiger partial charge is 0.227 e. The summed E-state index contributed by atoms with van der Waals surface area (Å²) in [4.78, 5) is 19.4. The summed E-state index contributed by atoms with van der Waals surface area (Å²) in [7, 11) is 0. The molecule has 0 spiro atoms. The number of anilines is 1. The number of fused-ring (bicyclic) bond motifs is 1. The van der Waals surface area contributed by atoms with Gasteiger partial charge in [0, 0.05) is 24.6 Å². The molecule has 1 fully saturated rings. The molecule has 4 nitrogen and oxygen atoms in total. The number of terminal acetylenes is 1. The molecule has 0 radical (unpaired) electrons. The molecule has 130 valence electrons. The monoisotopic (exact) mass is 343 g/mol. The number of imidazole rings is 1. The Hall–Kier alpha value is -3.06. The van der Waals surface area contributed by atoms with Crippen molar-refractivity contribution in [3.63, 3.8) is 0 Å². The van der Waals surface area contributed by atoms with Gasteiger partial charge < -0.3 is 9.47 Å². The number of carbonyl (C=O) groups excluding carboxylic acids is 1.